The molecule has 2 aliphatic heterocycles. The lowest BCUT2D eigenvalue weighted by molar-refractivity contribution is 0.0815. The highest BCUT2D eigenvalue weighted by atomic mass is 16.7. The van der Waals surface area contributed by atoms with Crippen molar-refractivity contribution in [2.75, 3.05) is 19.9 Å². The van der Waals surface area contributed by atoms with Crippen LogP contribution in [0.3, 0.4) is 0 Å². The second-order valence-electron chi connectivity index (χ2n) is 6.07. The molecular formula is C16H22N2O2. The van der Waals surface area contributed by atoms with E-state index >= 15 is 0 Å². The van der Waals surface area contributed by atoms with Crippen molar-refractivity contribution in [1.29, 1.82) is 0 Å². The monoisotopic (exact) mass is 274 g/mol. The number of hydrogen-bond acceptors (Lipinski definition) is 4. The molecule has 1 saturated heterocycles. The quantitative estimate of drug-likeness (QED) is 0.896. The first-order valence-electron chi connectivity index (χ1n) is 7.76. The molecule has 4 heteroatoms. The number of rotatable bonds is 2. The van der Waals surface area contributed by atoms with Crippen LogP contribution in [-0.4, -0.2) is 36.9 Å². The smallest absolute Gasteiger partial charge is 0.231 e. The van der Waals surface area contributed by atoms with E-state index in [0.717, 1.165) is 31.1 Å². The van der Waals surface area contributed by atoms with Crippen LogP contribution in [0.15, 0.2) is 18.2 Å². The van der Waals surface area contributed by atoms with Crippen molar-refractivity contribution in [2.45, 2.75) is 44.3 Å². The zero-order valence-corrected chi connectivity index (χ0v) is 11.8. The fraction of sp³-hybridized carbons (Fsp3) is 0.625. The van der Waals surface area contributed by atoms with E-state index in [1.54, 1.807) is 0 Å². The third-order valence-corrected chi connectivity index (χ3v) is 4.83. The molecule has 4 nitrogen and oxygen atoms in total. The first kappa shape index (κ1) is 12.5. The van der Waals surface area contributed by atoms with Gasteiger partial charge in [0.15, 0.2) is 11.5 Å². The summed E-state index contributed by atoms with van der Waals surface area (Å²) in [5.74, 6) is 1.78. The van der Waals surface area contributed by atoms with Crippen LogP contribution in [0.25, 0.3) is 0 Å². The summed E-state index contributed by atoms with van der Waals surface area (Å²) in [6.07, 6.45) is 5.43. The molecule has 20 heavy (non-hydrogen) atoms. The van der Waals surface area contributed by atoms with Crippen molar-refractivity contribution in [1.82, 2.24) is 10.2 Å². The average Bonchev–Trinajstić information content (AvgIpc) is 2.95. The number of ether oxygens (including phenoxy) is 2. The molecule has 2 heterocycles. The largest absolute Gasteiger partial charge is 0.454 e. The van der Waals surface area contributed by atoms with E-state index in [0.29, 0.717) is 18.9 Å². The summed E-state index contributed by atoms with van der Waals surface area (Å²) in [4.78, 5) is 2.65. The molecule has 1 aromatic carbocycles. The van der Waals surface area contributed by atoms with Gasteiger partial charge in [0.2, 0.25) is 6.79 Å². The maximum absolute atomic E-state index is 5.48. The molecule has 1 aromatic rings. The Bertz CT molecular complexity index is 489. The molecule has 0 aromatic heterocycles. The number of nitrogens with one attached hydrogen (secondary N) is 1. The molecule has 2 fully saturated rings. The van der Waals surface area contributed by atoms with Crippen LogP contribution in [0.2, 0.25) is 0 Å². The Morgan fingerprint density at radius 1 is 1.15 bits per heavy atom. The molecule has 4 rings (SSSR count). The maximum atomic E-state index is 5.48. The van der Waals surface area contributed by atoms with Crippen LogP contribution >= 0.6 is 0 Å². The molecule has 3 aliphatic rings. The molecule has 0 unspecified atom stereocenters. The van der Waals surface area contributed by atoms with Gasteiger partial charge >= 0.3 is 0 Å². The second kappa shape index (κ2) is 5.26. The molecule has 0 spiro atoms. The van der Waals surface area contributed by atoms with Gasteiger partial charge in [-0.15, -0.1) is 0 Å². The van der Waals surface area contributed by atoms with Gasteiger partial charge in [-0.3, -0.25) is 4.90 Å². The number of piperazine rings is 1. The van der Waals surface area contributed by atoms with Crippen molar-refractivity contribution in [3.8, 4) is 11.5 Å². The van der Waals surface area contributed by atoms with Gasteiger partial charge < -0.3 is 14.8 Å². The summed E-state index contributed by atoms with van der Waals surface area (Å²) in [5, 5.41) is 3.69. The Balaban J connectivity index is 1.50. The van der Waals surface area contributed by atoms with Crippen LogP contribution in [-0.2, 0) is 6.54 Å². The van der Waals surface area contributed by atoms with Crippen LogP contribution in [0, 0.1) is 0 Å². The van der Waals surface area contributed by atoms with Crippen molar-refractivity contribution in [2.24, 2.45) is 0 Å². The molecule has 2 atom stereocenters. The van der Waals surface area contributed by atoms with Crippen LogP contribution in [0.1, 0.15) is 31.2 Å². The van der Waals surface area contributed by atoms with Crippen molar-refractivity contribution in [3.05, 3.63) is 23.8 Å². The minimum absolute atomic E-state index is 0.358. The average molecular weight is 274 g/mol. The topological polar surface area (TPSA) is 33.7 Å². The Morgan fingerprint density at radius 3 is 3.05 bits per heavy atom. The summed E-state index contributed by atoms with van der Waals surface area (Å²) in [6.45, 7) is 3.65. The van der Waals surface area contributed by atoms with Crippen molar-refractivity contribution < 1.29 is 9.47 Å². The van der Waals surface area contributed by atoms with E-state index in [1.807, 2.05) is 6.07 Å². The highest BCUT2D eigenvalue weighted by Crippen LogP contribution is 2.33. The Hall–Kier alpha value is -1.26. The predicted molar refractivity (Wildman–Crippen MR) is 77.0 cm³/mol. The zero-order valence-electron chi connectivity index (χ0n) is 11.8. The Labute approximate surface area is 120 Å². The van der Waals surface area contributed by atoms with E-state index < -0.39 is 0 Å². The number of fused-ring (bicyclic) bond motifs is 2. The molecule has 108 valence electrons. The number of benzene rings is 1. The molecule has 1 saturated carbocycles. The number of nitrogens with zero attached hydrogens (tertiary/aromatic N) is 1. The van der Waals surface area contributed by atoms with Gasteiger partial charge in [0, 0.05) is 31.7 Å². The van der Waals surface area contributed by atoms with Gasteiger partial charge in [-0.1, -0.05) is 18.9 Å². The Morgan fingerprint density at radius 2 is 2.05 bits per heavy atom. The fourth-order valence-electron chi connectivity index (χ4n) is 3.82. The molecule has 0 radical (unpaired) electrons. The van der Waals surface area contributed by atoms with Gasteiger partial charge in [-0.05, 0) is 30.5 Å². The third-order valence-electron chi connectivity index (χ3n) is 4.83. The summed E-state index contributed by atoms with van der Waals surface area (Å²) in [7, 11) is 0. The molecule has 1 aliphatic carbocycles. The maximum Gasteiger partial charge on any atom is 0.231 e. The van der Waals surface area contributed by atoms with Gasteiger partial charge in [0.1, 0.15) is 0 Å². The standard InChI is InChI=1S/C16H22N2O2/c1-2-4-14-13(3-1)17-7-8-18(14)10-12-5-6-15-16(9-12)20-11-19-15/h5-6,9,13-14,17H,1-4,7-8,10-11H2/t13-,14-/m1/s1. The van der Waals surface area contributed by atoms with Gasteiger partial charge in [-0.2, -0.15) is 0 Å². The Kier molecular flexibility index (Phi) is 3.28. The fourth-order valence-corrected chi connectivity index (χ4v) is 3.82. The van der Waals surface area contributed by atoms with Crippen LogP contribution < -0.4 is 14.8 Å². The predicted octanol–water partition coefficient (Wildman–Crippen LogP) is 2.13. The van der Waals surface area contributed by atoms with E-state index in [9.17, 15) is 0 Å². The molecule has 1 N–H and O–H groups in total. The van der Waals surface area contributed by atoms with E-state index in [4.69, 9.17) is 9.47 Å². The first-order chi connectivity index (χ1) is 9.90. The van der Waals surface area contributed by atoms with Crippen molar-refractivity contribution >= 4 is 0 Å². The van der Waals surface area contributed by atoms with Crippen LogP contribution in [0.4, 0.5) is 0 Å². The summed E-state index contributed by atoms with van der Waals surface area (Å²) in [6, 6.07) is 7.77. The van der Waals surface area contributed by atoms with Gasteiger partial charge in [0.05, 0.1) is 0 Å². The molecule has 0 amide bonds. The first-order valence-corrected chi connectivity index (χ1v) is 7.76. The highest BCUT2D eigenvalue weighted by Gasteiger charge is 2.32. The highest BCUT2D eigenvalue weighted by molar-refractivity contribution is 5.44. The minimum atomic E-state index is 0.358. The lowest BCUT2D eigenvalue weighted by Gasteiger charge is -2.44. The van der Waals surface area contributed by atoms with Gasteiger partial charge in [-0.25, -0.2) is 0 Å². The number of hydrogen-bond donors (Lipinski definition) is 1. The van der Waals surface area contributed by atoms with Gasteiger partial charge in [0.25, 0.3) is 0 Å². The van der Waals surface area contributed by atoms with E-state index in [1.165, 1.54) is 31.2 Å². The molecular weight excluding hydrogens is 252 g/mol. The normalized spacial score (nSPS) is 29.2. The lowest BCUT2D eigenvalue weighted by Crippen LogP contribution is -2.58. The minimum Gasteiger partial charge on any atom is -0.454 e. The summed E-state index contributed by atoms with van der Waals surface area (Å²) in [5.41, 5.74) is 1.33. The summed E-state index contributed by atoms with van der Waals surface area (Å²) < 4.78 is 10.9. The second-order valence-corrected chi connectivity index (χ2v) is 6.07. The molecule has 0 bridgehead atoms. The lowest BCUT2D eigenvalue weighted by atomic mass is 9.87. The van der Waals surface area contributed by atoms with E-state index in [2.05, 4.69) is 22.3 Å². The van der Waals surface area contributed by atoms with Crippen LogP contribution in [0.5, 0.6) is 11.5 Å². The third kappa shape index (κ3) is 2.27. The van der Waals surface area contributed by atoms with Crippen molar-refractivity contribution in [3.63, 3.8) is 0 Å². The zero-order chi connectivity index (χ0) is 13.4. The summed E-state index contributed by atoms with van der Waals surface area (Å²) >= 11 is 0. The SMILES string of the molecule is c1cc2c(cc1CN1CCN[C@@H]3CCCC[C@H]31)OCO2. The van der Waals surface area contributed by atoms with E-state index in [-0.39, 0.29) is 0 Å².